The molecule has 0 bridgehead atoms. The smallest absolute Gasteiger partial charge is 0.229 e. The Morgan fingerprint density at radius 1 is 1.04 bits per heavy atom. The Morgan fingerprint density at radius 2 is 1.67 bits per heavy atom. The van der Waals surface area contributed by atoms with Gasteiger partial charge in [0.1, 0.15) is 0 Å². The van der Waals surface area contributed by atoms with Gasteiger partial charge >= 0.3 is 0 Å². The molecule has 0 radical (unpaired) electrons. The second-order valence-electron chi connectivity index (χ2n) is 6.14. The van der Waals surface area contributed by atoms with Gasteiger partial charge in [-0.3, -0.25) is 9.59 Å². The number of nitrogens with one attached hydrogen (secondary N) is 1. The van der Waals surface area contributed by atoms with Gasteiger partial charge < -0.3 is 24.4 Å². The molecule has 7 nitrogen and oxygen atoms in total. The molecule has 1 aliphatic rings. The summed E-state index contributed by atoms with van der Waals surface area (Å²) < 4.78 is 15.9. The highest BCUT2D eigenvalue weighted by Crippen LogP contribution is 2.40. The Balaban J connectivity index is 1.75. The molecule has 142 valence electrons. The molecule has 0 saturated carbocycles. The van der Waals surface area contributed by atoms with Crippen LogP contribution >= 0.6 is 0 Å². The van der Waals surface area contributed by atoms with E-state index in [4.69, 9.17) is 14.2 Å². The van der Waals surface area contributed by atoms with Crippen molar-refractivity contribution in [2.75, 3.05) is 38.1 Å². The topological polar surface area (TPSA) is 77.1 Å². The molecule has 27 heavy (non-hydrogen) atoms. The van der Waals surface area contributed by atoms with Crippen LogP contribution in [0, 0.1) is 5.92 Å². The lowest BCUT2D eigenvalue weighted by Gasteiger charge is -2.17. The van der Waals surface area contributed by atoms with Crippen LogP contribution in [0.25, 0.3) is 0 Å². The van der Waals surface area contributed by atoms with Crippen molar-refractivity contribution in [2.24, 2.45) is 5.92 Å². The van der Waals surface area contributed by atoms with Crippen molar-refractivity contribution in [3.8, 4) is 17.2 Å². The number of anilines is 2. The zero-order valence-corrected chi connectivity index (χ0v) is 15.5. The van der Waals surface area contributed by atoms with Gasteiger partial charge in [0.25, 0.3) is 0 Å². The number of hydrogen-bond acceptors (Lipinski definition) is 5. The van der Waals surface area contributed by atoms with Crippen molar-refractivity contribution >= 4 is 23.2 Å². The summed E-state index contributed by atoms with van der Waals surface area (Å²) >= 11 is 0. The number of benzene rings is 2. The third kappa shape index (κ3) is 3.81. The maximum Gasteiger partial charge on any atom is 0.229 e. The third-order valence-electron chi connectivity index (χ3n) is 4.50. The molecule has 7 heteroatoms. The SMILES string of the molecule is COc1cc(NC(=O)C2CC(=O)N(c3ccccc3)C2)cc(OC)c1OC. The zero-order valence-electron chi connectivity index (χ0n) is 15.5. The molecule has 2 amide bonds. The van der Waals surface area contributed by atoms with E-state index in [9.17, 15) is 9.59 Å². The van der Waals surface area contributed by atoms with Gasteiger partial charge in [-0.25, -0.2) is 0 Å². The summed E-state index contributed by atoms with van der Waals surface area (Å²) in [7, 11) is 4.54. The first-order valence-electron chi connectivity index (χ1n) is 8.53. The standard InChI is InChI=1S/C20H22N2O5/c1-25-16-10-14(11-17(26-2)19(16)27-3)21-20(24)13-9-18(23)22(12-13)15-7-5-4-6-8-15/h4-8,10-11,13H,9,12H2,1-3H3,(H,21,24). The Morgan fingerprint density at radius 3 is 2.22 bits per heavy atom. The predicted molar refractivity (Wildman–Crippen MR) is 102 cm³/mol. The van der Waals surface area contributed by atoms with Crippen LogP contribution < -0.4 is 24.4 Å². The number of amides is 2. The monoisotopic (exact) mass is 370 g/mol. The fraction of sp³-hybridized carbons (Fsp3) is 0.300. The van der Waals surface area contributed by atoms with Crippen LogP contribution in [0.2, 0.25) is 0 Å². The fourth-order valence-corrected chi connectivity index (χ4v) is 3.14. The quantitative estimate of drug-likeness (QED) is 0.846. The number of carbonyl (C=O) groups excluding carboxylic acids is 2. The molecule has 1 heterocycles. The van der Waals surface area contributed by atoms with Gasteiger partial charge in [0.05, 0.1) is 27.2 Å². The van der Waals surface area contributed by atoms with E-state index in [1.807, 2.05) is 30.3 Å². The lowest BCUT2D eigenvalue weighted by atomic mass is 10.1. The van der Waals surface area contributed by atoms with Crippen LogP contribution in [0.5, 0.6) is 17.2 Å². The highest BCUT2D eigenvalue weighted by molar-refractivity contribution is 6.03. The maximum atomic E-state index is 12.7. The molecule has 2 aromatic rings. The molecule has 1 saturated heterocycles. The molecule has 1 N–H and O–H groups in total. The number of carbonyl (C=O) groups is 2. The van der Waals surface area contributed by atoms with Gasteiger partial charge in [0.2, 0.25) is 17.6 Å². The first kappa shape index (κ1) is 18.6. The van der Waals surface area contributed by atoms with Gasteiger partial charge in [-0.15, -0.1) is 0 Å². The number of methoxy groups -OCH3 is 3. The largest absolute Gasteiger partial charge is 0.493 e. The normalized spacial score (nSPS) is 16.2. The number of nitrogens with zero attached hydrogens (tertiary/aromatic N) is 1. The van der Waals surface area contributed by atoms with E-state index in [2.05, 4.69) is 5.32 Å². The lowest BCUT2D eigenvalue weighted by Crippen LogP contribution is -2.28. The maximum absolute atomic E-state index is 12.7. The summed E-state index contributed by atoms with van der Waals surface area (Å²) in [6.07, 6.45) is 0.172. The molecular weight excluding hydrogens is 348 g/mol. The molecule has 1 fully saturated rings. The van der Waals surface area contributed by atoms with E-state index in [-0.39, 0.29) is 18.2 Å². The first-order chi connectivity index (χ1) is 13.1. The molecule has 0 spiro atoms. The van der Waals surface area contributed by atoms with Crippen molar-refractivity contribution in [2.45, 2.75) is 6.42 Å². The Bertz CT molecular complexity index is 813. The summed E-state index contributed by atoms with van der Waals surface area (Å²) in [5, 5.41) is 2.84. The van der Waals surface area contributed by atoms with Crippen molar-refractivity contribution in [1.29, 1.82) is 0 Å². The molecule has 1 aliphatic heterocycles. The second kappa shape index (κ2) is 7.99. The highest BCUT2D eigenvalue weighted by atomic mass is 16.5. The average Bonchev–Trinajstić information content (AvgIpc) is 3.09. The molecular formula is C20H22N2O5. The van der Waals surface area contributed by atoms with E-state index in [1.54, 1.807) is 17.0 Å². The van der Waals surface area contributed by atoms with Crippen molar-refractivity contribution in [3.05, 3.63) is 42.5 Å². The third-order valence-corrected chi connectivity index (χ3v) is 4.50. The molecule has 0 aliphatic carbocycles. The first-order valence-corrected chi connectivity index (χ1v) is 8.53. The van der Waals surface area contributed by atoms with Crippen LogP contribution in [0.1, 0.15) is 6.42 Å². The Hall–Kier alpha value is -3.22. The van der Waals surface area contributed by atoms with E-state index < -0.39 is 5.92 Å². The second-order valence-corrected chi connectivity index (χ2v) is 6.14. The Labute approximate surface area is 157 Å². The van der Waals surface area contributed by atoms with Gasteiger partial charge in [-0.05, 0) is 12.1 Å². The number of rotatable bonds is 6. The number of para-hydroxylation sites is 1. The van der Waals surface area contributed by atoms with Gasteiger partial charge in [0, 0.05) is 36.5 Å². The summed E-state index contributed by atoms with van der Waals surface area (Å²) in [5.41, 5.74) is 1.31. The summed E-state index contributed by atoms with van der Waals surface area (Å²) in [4.78, 5) is 26.6. The van der Waals surface area contributed by atoms with Crippen LogP contribution in [0.4, 0.5) is 11.4 Å². The zero-order chi connectivity index (χ0) is 19.4. The van der Waals surface area contributed by atoms with Crippen LogP contribution in [0.15, 0.2) is 42.5 Å². The fourth-order valence-electron chi connectivity index (χ4n) is 3.14. The minimum absolute atomic E-state index is 0.0637. The highest BCUT2D eigenvalue weighted by Gasteiger charge is 2.35. The predicted octanol–water partition coefficient (Wildman–Crippen LogP) is 2.70. The average molecular weight is 370 g/mol. The van der Waals surface area contributed by atoms with E-state index >= 15 is 0 Å². The van der Waals surface area contributed by atoms with E-state index in [0.717, 1.165) is 5.69 Å². The lowest BCUT2D eigenvalue weighted by molar-refractivity contribution is -0.122. The molecule has 3 rings (SSSR count). The summed E-state index contributed by atoms with van der Waals surface area (Å²) in [6, 6.07) is 12.7. The molecule has 1 unspecified atom stereocenters. The van der Waals surface area contributed by atoms with Crippen LogP contribution in [-0.4, -0.2) is 39.7 Å². The summed E-state index contributed by atoms with van der Waals surface area (Å²) in [6.45, 7) is 0.346. The number of hydrogen-bond donors (Lipinski definition) is 1. The molecule has 0 aromatic heterocycles. The minimum Gasteiger partial charge on any atom is -0.493 e. The van der Waals surface area contributed by atoms with E-state index in [1.165, 1.54) is 21.3 Å². The van der Waals surface area contributed by atoms with Gasteiger partial charge in [0.15, 0.2) is 11.5 Å². The van der Waals surface area contributed by atoms with Crippen molar-refractivity contribution < 1.29 is 23.8 Å². The van der Waals surface area contributed by atoms with Crippen LogP contribution in [-0.2, 0) is 9.59 Å². The minimum atomic E-state index is -0.434. The van der Waals surface area contributed by atoms with Crippen molar-refractivity contribution in [1.82, 2.24) is 0 Å². The summed E-state index contributed by atoms with van der Waals surface area (Å²) in [5.74, 6) is 0.615. The Kier molecular flexibility index (Phi) is 5.49. The van der Waals surface area contributed by atoms with Gasteiger partial charge in [-0.2, -0.15) is 0 Å². The van der Waals surface area contributed by atoms with E-state index in [0.29, 0.717) is 29.5 Å². The van der Waals surface area contributed by atoms with Crippen molar-refractivity contribution in [3.63, 3.8) is 0 Å². The van der Waals surface area contributed by atoms with Crippen LogP contribution in [0.3, 0.4) is 0 Å². The number of ether oxygens (including phenoxy) is 3. The molecule has 2 aromatic carbocycles. The molecule has 1 atom stereocenters. The van der Waals surface area contributed by atoms with Gasteiger partial charge in [-0.1, -0.05) is 18.2 Å².